The van der Waals surface area contributed by atoms with Gasteiger partial charge in [-0.25, -0.2) is 19.6 Å². The third-order valence-corrected chi connectivity index (χ3v) is 5.20. The highest BCUT2D eigenvalue weighted by Gasteiger charge is 2.32. The molecule has 4 rings (SSSR count). The molecule has 2 saturated heterocycles. The fraction of sp³-hybridized carbons (Fsp3) is 0.588. The van der Waals surface area contributed by atoms with E-state index >= 15 is 0 Å². The zero-order valence-corrected chi connectivity index (χ0v) is 14.2. The van der Waals surface area contributed by atoms with Crippen molar-refractivity contribution in [2.24, 2.45) is 5.92 Å². The van der Waals surface area contributed by atoms with E-state index < -0.39 is 0 Å². The van der Waals surface area contributed by atoms with E-state index in [0.717, 1.165) is 57.8 Å². The third-order valence-electron chi connectivity index (χ3n) is 5.20. The molecular formula is C17H23N7O. The van der Waals surface area contributed by atoms with Crippen LogP contribution in [0.25, 0.3) is 0 Å². The minimum atomic E-state index is 0.106. The normalized spacial score (nSPS) is 22.2. The molecule has 2 aromatic heterocycles. The van der Waals surface area contributed by atoms with Crippen molar-refractivity contribution >= 4 is 11.9 Å². The summed E-state index contributed by atoms with van der Waals surface area (Å²) in [4.78, 5) is 29.8. The largest absolute Gasteiger partial charge is 0.341 e. The monoisotopic (exact) mass is 341 g/mol. The Morgan fingerprint density at radius 1 is 1.08 bits per heavy atom. The Bertz CT molecular complexity index is 682. The predicted molar refractivity (Wildman–Crippen MR) is 91.8 cm³/mol. The van der Waals surface area contributed by atoms with E-state index in [1.54, 1.807) is 25.0 Å². The molecule has 0 saturated carbocycles. The molecular weight excluding hydrogens is 318 g/mol. The number of hydrogen-bond acceptors (Lipinski definition) is 6. The van der Waals surface area contributed by atoms with Crippen molar-refractivity contribution in [1.82, 2.24) is 29.6 Å². The molecule has 0 N–H and O–H groups in total. The number of likely N-dealkylation sites (tertiary alicyclic amines) is 1. The van der Waals surface area contributed by atoms with Gasteiger partial charge in [0.15, 0.2) is 0 Å². The second-order valence-corrected chi connectivity index (χ2v) is 6.77. The maximum Gasteiger partial charge on any atom is 0.225 e. The van der Waals surface area contributed by atoms with E-state index in [4.69, 9.17) is 0 Å². The van der Waals surface area contributed by atoms with Crippen LogP contribution in [0.15, 0.2) is 31.1 Å². The first-order valence-electron chi connectivity index (χ1n) is 8.96. The van der Waals surface area contributed by atoms with Crippen LogP contribution in [0.1, 0.15) is 31.7 Å². The summed E-state index contributed by atoms with van der Waals surface area (Å²) in [7, 11) is 0. The molecule has 2 aromatic rings. The summed E-state index contributed by atoms with van der Waals surface area (Å²) in [6.45, 7) is 3.26. The van der Waals surface area contributed by atoms with Gasteiger partial charge in [0.25, 0.3) is 0 Å². The van der Waals surface area contributed by atoms with Crippen LogP contribution in [0.5, 0.6) is 0 Å². The van der Waals surface area contributed by atoms with Crippen molar-refractivity contribution in [3.8, 4) is 0 Å². The highest BCUT2D eigenvalue weighted by molar-refractivity contribution is 5.79. The summed E-state index contributed by atoms with van der Waals surface area (Å²) in [6, 6.07) is 2.07. The van der Waals surface area contributed by atoms with Crippen molar-refractivity contribution in [3.63, 3.8) is 0 Å². The van der Waals surface area contributed by atoms with Crippen LogP contribution in [0.3, 0.4) is 0 Å². The van der Waals surface area contributed by atoms with Crippen LogP contribution in [0.2, 0.25) is 0 Å². The number of amides is 1. The lowest BCUT2D eigenvalue weighted by Crippen LogP contribution is -2.46. The number of aromatic nitrogens is 5. The van der Waals surface area contributed by atoms with Gasteiger partial charge in [0.05, 0.1) is 6.04 Å². The number of hydrogen-bond donors (Lipinski definition) is 0. The maximum absolute atomic E-state index is 12.9. The number of carbonyl (C=O) groups excluding carboxylic acids is 1. The van der Waals surface area contributed by atoms with Gasteiger partial charge in [0.2, 0.25) is 11.9 Å². The number of rotatable bonds is 3. The van der Waals surface area contributed by atoms with Crippen molar-refractivity contribution in [1.29, 1.82) is 0 Å². The highest BCUT2D eigenvalue weighted by atomic mass is 16.2. The molecule has 0 bridgehead atoms. The summed E-state index contributed by atoms with van der Waals surface area (Å²) in [5, 5.41) is 4.24. The molecule has 4 heterocycles. The molecule has 0 aliphatic carbocycles. The highest BCUT2D eigenvalue weighted by Crippen LogP contribution is 2.26. The van der Waals surface area contributed by atoms with Crippen molar-refractivity contribution in [3.05, 3.63) is 31.1 Å². The molecule has 2 fully saturated rings. The molecule has 1 amide bonds. The van der Waals surface area contributed by atoms with Crippen molar-refractivity contribution < 1.29 is 4.79 Å². The molecule has 1 atom stereocenters. The van der Waals surface area contributed by atoms with Crippen LogP contribution < -0.4 is 4.90 Å². The topological polar surface area (TPSA) is 80.0 Å². The van der Waals surface area contributed by atoms with E-state index in [1.165, 1.54) is 0 Å². The second kappa shape index (κ2) is 7.16. The minimum Gasteiger partial charge on any atom is -0.341 e. The average molecular weight is 341 g/mol. The SMILES string of the molecule is O=C(C1CCN(c2ncccn2)CC1)N1CCC[C@H](n2cncn2)C1. The Kier molecular flexibility index (Phi) is 4.58. The predicted octanol–water partition coefficient (Wildman–Crippen LogP) is 1.15. The Labute approximate surface area is 146 Å². The first kappa shape index (κ1) is 16.0. The molecule has 2 aliphatic heterocycles. The van der Waals surface area contributed by atoms with Gasteiger partial charge in [0, 0.05) is 44.5 Å². The zero-order valence-electron chi connectivity index (χ0n) is 14.2. The van der Waals surface area contributed by atoms with E-state index in [1.807, 2.05) is 15.6 Å². The lowest BCUT2D eigenvalue weighted by atomic mass is 9.94. The molecule has 25 heavy (non-hydrogen) atoms. The summed E-state index contributed by atoms with van der Waals surface area (Å²) >= 11 is 0. The Balaban J connectivity index is 1.34. The van der Waals surface area contributed by atoms with Crippen molar-refractivity contribution in [2.75, 3.05) is 31.1 Å². The van der Waals surface area contributed by atoms with E-state index in [0.29, 0.717) is 5.91 Å². The molecule has 8 heteroatoms. The van der Waals surface area contributed by atoms with Crippen LogP contribution in [0.4, 0.5) is 5.95 Å². The molecule has 0 unspecified atom stereocenters. The van der Waals surface area contributed by atoms with Gasteiger partial charge in [-0.15, -0.1) is 0 Å². The number of anilines is 1. The molecule has 8 nitrogen and oxygen atoms in total. The lowest BCUT2D eigenvalue weighted by Gasteiger charge is -2.37. The van der Waals surface area contributed by atoms with Gasteiger partial charge in [-0.2, -0.15) is 5.10 Å². The lowest BCUT2D eigenvalue weighted by molar-refractivity contribution is -0.138. The number of carbonyl (C=O) groups is 1. The van der Waals surface area contributed by atoms with E-state index in [2.05, 4.69) is 25.0 Å². The fourth-order valence-corrected chi connectivity index (χ4v) is 3.82. The number of piperidine rings is 2. The first-order chi connectivity index (χ1) is 12.3. The van der Waals surface area contributed by atoms with Crippen LogP contribution in [-0.2, 0) is 4.79 Å². The molecule has 0 spiro atoms. The Hall–Kier alpha value is -2.51. The standard InChI is InChI=1S/C17H23N7O/c25-16(23-8-1-3-15(11-23)24-13-18-12-21-24)14-4-9-22(10-5-14)17-19-6-2-7-20-17/h2,6-7,12-15H,1,3-5,8-11H2/t15-/m0/s1. The first-order valence-corrected chi connectivity index (χ1v) is 8.96. The molecule has 132 valence electrons. The average Bonchev–Trinajstić information content (AvgIpc) is 3.23. The summed E-state index contributed by atoms with van der Waals surface area (Å²) in [5.74, 6) is 1.16. The van der Waals surface area contributed by atoms with Gasteiger partial charge in [0.1, 0.15) is 12.7 Å². The fourth-order valence-electron chi connectivity index (χ4n) is 3.82. The van der Waals surface area contributed by atoms with Crippen LogP contribution in [0, 0.1) is 5.92 Å². The minimum absolute atomic E-state index is 0.106. The second-order valence-electron chi connectivity index (χ2n) is 6.77. The summed E-state index contributed by atoms with van der Waals surface area (Å²) < 4.78 is 1.88. The van der Waals surface area contributed by atoms with Gasteiger partial charge in [-0.1, -0.05) is 0 Å². The Morgan fingerprint density at radius 2 is 1.88 bits per heavy atom. The smallest absolute Gasteiger partial charge is 0.225 e. The maximum atomic E-state index is 12.9. The van der Waals surface area contributed by atoms with Gasteiger partial charge >= 0.3 is 0 Å². The molecule has 0 aromatic carbocycles. The molecule has 0 radical (unpaired) electrons. The summed E-state index contributed by atoms with van der Waals surface area (Å²) in [6.07, 6.45) is 10.6. The Morgan fingerprint density at radius 3 is 2.60 bits per heavy atom. The van der Waals surface area contributed by atoms with Crippen LogP contribution in [-0.4, -0.2) is 61.7 Å². The van der Waals surface area contributed by atoms with Gasteiger partial charge < -0.3 is 9.80 Å². The van der Waals surface area contributed by atoms with E-state index in [9.17, 15) is 4.79 Å². The third kappa shape index (κ3) is 3.47. The zero-order chi connectivity index (χ0) is 17.1. The van der Waals surface area contributed by atoms with Crippen LogP contribution >= 0.6 is 0 Å². The van der Waals surface area contributed by atoms with Gasteiger partial charge in [-0.3, -0.25) is 4.79 Å². The number of nitrogens with zero attached hydrogens (tertiary/aromatic N) is 7. The van der Waals surface area contributed by atoms with Gasteiger partial charge in [-0.05, 0) is 31.7 Å². The quantitative estimate of drug-likeness (QED) is 0.833. The summed E-state index contributed by atoms with van der Waals surface area (Å²) in [5.41, 5.74) is 0. The van der Waals surface area contributed by atoms with E-state index in [-0.39, 0.29) is 12.0 Å². The molecule has 2 aliphatic rings. The van der Waals surface area contributed by atoms with Crippen molar-refractivity contribution in [2.45, 2.75) is 31.7 Å².